The van der Waals surface area contributed by atoms with Crippen molar-refractivity contribution in [2.75, 3.05) is 0 Å². The van der Waals surface area contributed by atoms with Crippen molar-refractivity contribution < 1.29 is 23.2 Å². The van der Waals surface area contributed by atoms with Gasteiger partial charge in [-0.2, -0.15) is 0 Å². The molecule has 5 heteroatoms. The van der Waals surface area contributed by atoms with Gasteiger partial charge in [-0.25, -0.2) is 9.36 Å². The number of fused-ring (bicyclic) bond motifs is 8. The molecule has 0 bridgehead atoms. The average Bonchev–Trinajstić information content (AvgIpc) is 3.65. The molecule has 0 saturated heterocycles. The van der Waals surface area contributed by atoms with E-state index in [1.807, 2.05) is 18.2 Å². The summed E-state index contributed by atoms with van der Waals surface area (Å²) in [6.45, 7) is 4.22. The third-order valence-corrected chi connectivity index (χ3v) is 11.0. The van der Waals surface area contributed by atoms with Crippen molar-refractivity contribution in [3.63, 3.8) is 0 Å². The number of rotatable bonds is 4. The van der Waals surface area contributed by atoms with Crippen LogP contribution in [0.3, 0.4) is 0 Å². The fourth-order valence-corrected chi connectivity index (χ4v) is 8.47. The minimum Gasteiger partial charge on any atom is -0.331 e. The minimum absolute atomic E-state index is 0.371. The summed E-state index contributed by atoms with van der Waals surface area (Å²) in [7, 11) is 2.10. The zero-order valence-corrected chi connectivity index (χ0v) is 29.7. The van der Waals surface area contributed by atoms with E-state index in [2.05, 4.69) is 180 Å². The first-order valence-corrected chi connectivity index (χ1v) is 18.0. The molecule has 252 valence electrons. The number of nitrogens with zero attached hydrogens (tertiary/aromatic N) is 3. The maximum Gasteiger partial charge on any atom is 0.559 e. The highest BCUT2D eigenvalue weighted by Crippen LogP contribution is 2.48. The molecule has 5 heterocycles. The van der Waals surface area contributed by atoms with Gasteiger partial charge < -0.3 is 4.74 Å². The molecule has 1 spiro atoms. The third-order valence-electron chi connectivity index (χ3n) is 11.0. The molecule has 3 aromatic heterocycles. The summed E-state index contributed by atoms with van der Waals surface area (Å²) in [6.07, 6.45) is 4.17. The van der Waals surface area contributed by atoms with E-state index in [0.717, 1.165) is 77.9 Å². The van der Waals surface area contributed by atoms with Gasteiger partial charge in [0, 0.05) is 35.9 Å². The number of benzene rings is 5. The maximum absolute atomic E-state index is 14.7. The fraction of sp³-hybridized carbons (Fsp3) is 0.0833. The molecule has 1 atom stereocenters. The number of carbonyl (C=O) groups excluding carboxylic acids is 1. The van der Waals surface area contributed by atoms with Crippen LogP contribution in [0.15, 0.2) is 164 Å². The number of aryl methyl sites for hydroxylation is 3. The van der Waals surface area contributed by atoms with Gasteiger partial charge in [0.15, 0.2) is 18.0 Å². The average molecular weight is 687 g/mol. The van der Waals surface area contributed by atoms with E-state index < -0.39 is 5.85 Å². The quantitative estimate of drug-likeness (QED) is 0.137. The topological polar surface area (TPSA) is 37.9 Å². The van der Waals surface area contributed by atoms with Crippen molar-refractivity contribution in [1.82, 2.24) is 0 Å². The lowest BCUT2D eigenvalue weighted by molar-refractivity contribution is -0.999. The minimum atomic E-state index is -1.36. The number of esters is 1. The second-order valence-electron chi connectivity index (χ2n) is 14.2. The predicted molar refractivity (Wildman–Crippen MR) is 206 cm³/mol. The van der Waals surface area contributed by atoms with Crippen LogP contribution < -0.4 is 13.7 Å². The van der Waals surface area contributed by atoms with Crippen molar-refractivity contribution >= 4 is 16.7 Å². The molecular formula is C48H36N3O2+3. The normalized spacial score (nSPS) is 15.3. The number of pyridine rings is 3. The van der Waals surface area contributed by atoms with Crippen molar-refractivity contribution in [2.24, 2.45) is 7.05 Å². The van der Waals surface area contributed by atoms with Crippen molar-refractivity contribution in [1.29, 1.82) is 0 Å². The van der Waals surface area contributed by atoms with Crippen LogP contribution in [0.1, 0.15) is 27.2 Å². The Balaban J connectivity index is 1.38. The van der Waals surface area contributed by atoms with Crippen LogP contribution >= 0.6 is 0 Å². The summed E-state index contributed by atoms with van der Waals surface area (Å²) in [5, 5.41) is 2.25. The summed E-state index contributed by atoms with van der Waals surface area (Å²) >= 11 is 0. The summed E-state index contributed by atoms with van der Waals surface area (Å²) in [6, 6.07) is 53.0. The smallest absolute Gasteiger partial charge is 0.331 e. The van der Waals surface area contributed by atoms with Crippen LogP contribution in [0.4, 0.5) is 0 Å². The third kappa shape index (κ3) is 4.57. The first-order valence-electron chi connectivity index (χ1n) is 18.0. The number of ether oxygens (including phenoxy) is 1. The monoisotopic (exact) mass is 686 g/mol. The van der Waals surface area contributed by atoms with Gasteiger partial charge in [-0.3, -0.25) is 0 Å². The molecule has 1 unspecified atom stereocenters. The number of carbonyl (C=O) groups is 1. The largest absolute Gasteiger partial charge is 0.559 e. The van der Waals surface area contributed by atoms with E-state index in [0.29, 0.717) is 5.69 Å². The lowest BCUT2D eigenvalue weighted by atomic mass is 9.88. The van der Waals surface area contributed by atoms with E-state index in [9.17, 15) is 4.79 Å². The zero-order valence-electron chi connectivity index (χ0n) is 29.7. The zero-order chi connectivity index (χ0) is 35.8. The predicted octanol–water partition coefficient (Wildman–Crippen LogP) is 8.88. The van der Waals surface area contributed by atoms with E-state index in [-0.39, 0.29) is 5.97 Å². The summed E-state index contributed by atoms with van der Waals surface area (Å²) < 4.78 is 13.5. The maximum atomic E-state index is 14.7. The lowest BCUT2D eigenvalue weighted by Crippen LogP contribution is -2.72. The van der Waals surface area contributed by atoms with Crippen LogP contribution in [-0.4, -0.2) is 5.97 Å². The van der Waals surface area contributed by atoms with Gasteiger partial charge in [0.25, 0.3) is 0 Å². The Labute approximate surface area is 308 Å². The molecule has 2 aliphatic heterocycles. The Morgan fingerprint density at radius 1 is 0.547 bits per heavy atom. The summed E-state index contributed by atoms with van der Waals surface area (Å²) in [4.78, 5) is 14.7. The number of hydrogen-bond donors (Lipinski definition) is 0. The molecule has 2 aliphatic rings. The van der Waals surface area contributed by atoms with Crippen LogP contribution in [0.2, 0.25) is 0 Å². The van der Waals surface area contributed by atoms with E-state index in [1.54, 1.807) is 0 Å². The molecule has 5 nitrogen and oxygen atoms in total. The molecular weight excluding hydrogens is 651 g/mol. The molecule has 0 amide bonds. The molecule has 53 heavy (non-hydrogen) atoms. The van der Waals surface area contributed by atoms with Gasteiger partial charge in [-0.15, -0.1) is 0 Å². The van der Waals surface area contributed by atoms with Crippen LogP contribution in [-0.2, 0) is 17.6 Å². The summed E-state index contributed by atoms with van der Waals surface area (Å²) in [5.41, 5.74) is 13.9. The molecule has 10 rings (SSSR count). The fourth-order valence-electron chi connectivity index (χ4n) is 8.47. The van der Waals surface area contributed by atoms with E-state index in [1.165, 1.54) is 5.56 Å². The van der Waals surface area contributed by atoms with Crippen molar-refractivity contribution in [2.45, 2.75) is 19.7 Å². The molecule has 0 radical (unpaired) electrons. The van der Waals surface area contributed by atoms with Gasteiger partial charge in [0.1, 0.15) is 7.05 Å². The molecule has 5 aromatic carbocycles. The Hall–Kier alpha value is -6.72. The van der Waals surface area contributed by atoms with Gasteiger partial charge in [-0.05, 0) is 77.4 Å². The highest BCUT2D eigenvalue weighted by Gasteiger charge is 2.72. The molecule has 0 saturated carbocycles. The van der Waals surface area contributed by atoms with Gasteiger partial charge in [0.2, 0.25) is 17.1 Å². The number of hydrogen-bond acceptors (Lipinski definition) is 2. The lowest BCUT2D eigenvalue weighted by Gasteiger charge is -2.19. The van der Waals surface area contributed by atoms with E-state index in [4.69, 9.17) is 4.74 Å². The van der Waals surface area contributed by atoms with Crippen LogP contribution in [0.5, 0.6) is 0 Å². The Morgan fingerprint density at radius 3 is 2.06 bits per heavy atom. The van der Waals surface area contributed by atoms with E-state index >= 15 is 0 Å². The Kier molecular flexibility index (Phi) is 6.83. The first kappa shape index (κ1) is 31.1. The van der Waals surface area contributed by atoms with Gasteiger partial charge >= 0.3 is 17.5 Å². The second-order valence-corrected chi connectivity index (χ2v) is 14.2. The number of aromatic nitrogens is 3. The van der Waals surface area contributed by atoms with Gasteiger partial charge in [-0.1, -0.05) is 106 Å². The highest BCUT2D eigenvalue weighted by molar-refractivity contribution is 5.97. The molecule has 8 aromatic rings. The van der Waals surface area contributed by atoms with Crippen LogP contribution in [0.25, 0.3) is 66.8 Å². The highest BCUT2D eigenvalue weighted by atomic mass is 16.6. The van der Waals surface area contributed by atoms with Crippen molar-refractivity contribution in [3.05, 3.63) is 186 Å². The SMILES string of the molecule is Cc1ccc(-c2cc3[n+](c(-c4ccccc4C)c2)C2(OC3=O)c3c(-c4c5ccccc5cc[n+]4C)cc(-c4ccccc4)cc3-c3cccc[n+]32)cc1. The molecule has 0 aliphatic carbocycles. The first-order chi connectivity index (χ1) is 25.9. The van der Waals surface area contributed by atoms with Crippen LogP contribution in [0, 0.1) is 13.8 Å². The van der Waals surface area contributed by atoms with Crippen molar-refractivity contribution in [3.8, 4) is 56.0 Å². The molecule has 0 N–H and O–H groups in total. The Morgan fingerprint density at radius 2 is 1.23 bits per heavy atom. The Bertz CT molecular complexity index is 2810. The molecule has 0 fully saturated rings. The summed E-state index contributed by atoms with van der Waals surface area (Å²) in [5.74, 6) is -1.74. The standard InChI is InChI=1S/C48H36N3O2/c1-31-20-22-34(23-21-31)37-29-43(38-17-9-7-13-32(38)2)51-44(30-37)47(52)53-48(51)45-40(42-19-11-12-25-50(42)48)27-36(33-14-5-4-6-15-33)28-41(45)46-39-18-10-8-16-35(39)24-26-49(46)3/h4-30H,1-3H3/q+3. The van der Waals surface area contributed by atoms with Gasteiger partial charge in [0.05, 0.1) is 16.5 Å². The second kappa shape index (κ2) is 11.7.